The van der Waals surface area contributed by atoms with Gasteiger partial charge in [-0.25, -0.2) is 15.0 Å². The Morgan fingerprint density at radius 2 is 1.13 bits per heavy atom. The van der Waals surface area contributed by atoms with Crippen molar-refractivity contribution in [1.82, 2.24) is 24.1 Å². The zero-order valence-electron chi connectivity index (χ0n) is 39.0. The highest BCUT2D eigenvalue weighted by molar-refractivity contribution is 6.19. The van der Waals surface area contributed by atoms with Crippen molar-refractivity contribution in [2.45, 2.75) is 62.8 Å². The van der Waals surface area contributed by atoms with Gasteiger partial charge in [-0.05, 0) is 135 Å². The molecule has 0 N–H and O–H groups in total. The third kappa shape index (κ3) is 5.57. The summed E-state index contributed by atoms with van der Waals surface area (Å²) in [6, 6.07) is 60.1. The molecule has 4 aliphatic carbocycles. The first-order chi connectivity index (χ1) is 33.9. The summed E-state index contributed by atoms with van der Waals surface area (Å²) in [5, 5.41) is 4.94. The van der Waals surface area contributed by atoms with E-state index in [1.165, 1.54) is 69.5 Å². The quantitative estimate of drug-likeness (QED) is 0.167. The van der Waals surface area contributed by atoms with Gasteiger partial charge < -0.3 is 14.0 Å². The molecule has 10 aromatic rings. The molecule has 0 radical (unpaired) electrons. The van der Waals surface area contributed by atoms with E-state index in [4.69, 9.17) is 15.0 Å². The van der Waals surface area contributed by atoms with Crippen molar-refractivity contribution < 1.29 is 0 Å². The summed E-state index contributed by atoms with van der Waals surface area (Å²) in [5.41, 5.74) is 12.3. The SMILES string of the molecule is C[C@@H]1CC2C[C@H]3CC(c4nc(-c5ccccc5N5c6ccccc6C6(C)C=CC=CC56)nc(-c5ccccc5-n5c6ccccc6c6cc7c8ccccc8n(-c8ccccc8)c7cc65)n4)(C1)C[C@@H]23. The molecular formula is C63H52N6. The highest BCUT2D eigenvalue weighted by atomic mass is 15.2. The Hall–Kier alpha value is -7.57. The zero-order chi connectivity index (χ0) is 45.6. The van der Waals surface area contributed by atoms with Crippen molar-refractivity contribution in [1.29, 1.82) is 0 Å². The summed E-state index contributed by atoms with van der Waals surface area (Å²) < 4.78 is 4.90. The lowest BCUT2D eigenvalue weighted by atomic mass is 9.63. The third-order valence-electron chi connectivity index (χ3n) is 17.4. The Bertz CT molecular complexity index is 3820. The van der Waals surface area contributed by atoms with Crippen LogP contribution in [-0.2, 0) is 10.8 Å². The number of anilines is 2. The maximum Gasteiger partial charge on any atom is 0.165 e. The van der Waals surface area contributed by atoms with E-state index in [0.717, 1.165) is 80.9 Å². The van der Waals surface area contributed by atoms with Gasteiger partial charge in [0, 0.05) is 54.9 Å². The van der Waals surface area contributed by atoms with Crippen molar-refractivity contribution in [3.8, 4) is 34.2 Å². The first-order valence-corrected chi connectivity index (χ1v) is 25.2. The van der Waals surface area contributed by atoms with Crippen molar-refractivity contribution >= 4 is 55.0 Å². The average molecular weight is 893 g/mol. The van der Waals surface area contributed by atoms with Gasteiger partial charge >= 0.3 is 0 Å². The molecule has 6 heteroatoms. The maximum atomic E-state index is 5.78. The number of para-hydroxylation sites is 6. The average Bonchev–Trinajstić information content (AvgIpc) is 4.05. The van der Waals surface area contributed by atoms with E-state index < -0.39 is 0 Å². The maximum absolute atomic E-state index is 5.78. The van der Waals surface area contributed by atoms with E-state index in [-0.39, 0.29) is 16.9 Å². The first-order valence-electron chi connectivity index (χ1n) is 25.2. The zero-order valence-corrected chi connectivity index (χ0v) is 39.0. The van der Waals surface area contributed by atoms with Gasteiger partial charge in [-0.15, -0.1) is 0 Å². The predicted molar refractivity (Wildman–Crippen MR) is 282 cm³/mol. The van der Waals surface area contributed by atoms with E-state index in [2.05, 4.69) is 216 Å². The van der Waals surface area contributed by atoms with Crippen LogP contribution >= 0.6 is 0 Å². The molecule has 3 aromatic heterocycles. The van der Waals surface area contributed by atoms with Crippen LogP contribution in [0, 0.1) is 23.7 Å². The second kappa shape index (κ2) is 14.5. The van der Waals surface area contributed by atoms with E-state index >= 15 is 0 Å². The second-order valence-corrected chi connectivity index (χ2v) is 21.3. The fourth-order valence-electron chi connectivity index (χ4n) is 14.5. The Morgan fingerprint density at radius 3 is 1.90 bits per heavy atom. The van der Waals surface area contributed by atoms with Crippen LogP contribution < -0.4 is 4.90 Å². The first kappa shape index (κ1) is 39.4. The minimum Gasteiger partial charge on any atom is -0.332 e. The molecule has 5 aliphatic rings. The molecule has 15 rings (SSSR count). The molecule has 334 valence electrons. The van der Waals surface area contributed by atoms with Gasteiger partial charge in [0.05, 0.1) is 39.5 Å². The molecule has 69 heavy (non-hydrogen) atoms. The highest BCUT2D eigenvalue weighted by Gasteiger charge is 2.58. The molecule has 4 heterocycles. The number of hydrogen-bond donors (Lipinski definition) is 0. The lowest BCUT2D eigenvalue weighted by Gasteiger charge is -2.42. The molecule has 3 fully saturated rings. The number of benzene rings is 7. The molecule has 6 nitrogen and oxygen atoms in total. The molecular weight excluding hydrogens is 841 g/mol. The number of hydrogen-bond acceptors (Lipinski definition) is 4. The van der Waals surface area contributed by atoms with Gasteiger partial charge in [-0.3, -0.25) is 0 Å². The molecule has 7 aromatic carbocycles. The highest BCUT2D eigenvalue weighted by Crippen LogP contribution is 2.65. The van der Waals surface area contributed by atoms with Crippen molar-refractivity contribution in [3.63, 3.8) is 0 Å². The minimum absolute atomic E-state index is 0.0879. The number of rotatable bonds is 6. The van der Waals surface area contributed by atoms with Crippen LogP contribution in [0.15, 0.2) is 188 Å². The van der Waals surface area contributed by atoms with Gasteiger partial charge in [0.1, 0.15) is 5.82 Å². The van der Waals surface area contributed by atoms with Gasteiger partial charge in [0.25, 0.3) is 0 Å². The molecule has 0 amide bonds. The van der Waals surface area contributed by atoms with E-state index in [0.29, 0.717) is 5.92 Å². The molecule has 3 saturated carbocycles. The molecule has 7 atom stereocenters. The lowest BCUT2D eigenvalue weighted by molar-refractivity contribution is 0.0777. The number of aromatic nitrogens is 5. The van der Waals surface area contributed by atoms with Crippen LogP contribution in [0.1, 0.15) is 57.3 Å². The van der Waals surface area contributed by atoms with Crippen molar-refractivity contribution in [2.75, 3.05) is 4.90 Å². The number of allylic oxidation sites excluding steroid dienone is 2. The standard InChI is InChI=1S/C63H52N6/c1-39-32-40-33-41-37-63(36-39,38-49(40)41)61-65-59(64-60(66-61)46-23-9-14-28-54(46)69-55-29-15-10-24-50(55)62(2)31-17-16-30-58(62)69)45-22-8-13-27-53(45)68-52-26-12-7-21-44(52)48-34-47-43-20-6-11-25-51(43)67(56(47)35-57(48)68)42-18-4-3-5-19-42/h3-31,34-35,39-41,49,58H,32-33,36-38H2,1-2H3/t39-,40?,41+,49+,58?,62?,63?/m1/s1. The van der Waals surface area contributed by atoms with Crippen LogP contribution in [0.4, 0.5) is 11.4 Å². The smallest absolute Gasteiger partial charge is 0.165 e. The lowest BCUT2D eigenvalue weighted by Crippen LogP contribution is -2.39. The van der Waals surface area contributed by atoms with E-state index in [1.54, 1.807) is 0 Å². The van der Waals surface area contributed by atoms with Gasteiger partial charge in [-0.1, -0.05) is 128 Å². The normalized spacial score (nSPS) is 25.4. The molecule has 2 bridgehead atoms. The number of fused-ring (bicyclic) bond motifs is 10. The summed E-state index contributed by atoms with van der Waals surface area (Å²) in [6.07, 6.45) is 15.3. The van der Waals surface area contributed by atoms with Gasteiger partial charge in [0.2, 0.25) is 0 Å². The summed E-state index contributed by atoms with van der Waals surface area (Å²) in [6.45, 7) is 4.86. The Balaban J connectivity index is 0.979. The molecule has 4 unspecified atom stereocenters. The molecule has 0 spiro atoms. The number of nitrogens with zero attached hydrogens (tertiary/aromatic N) is 6. The largest absolute Gasteiger partial charge is 0.332 e. The van der Waals surface area contributed by atoms with Gasteiger partial charge in [-0.2, -0.15) is 0 Å². The van der Waals surface area contributed by atoms with Crippen LogP contribution in [-0.4, -0.2) is 30.1 Å². The Labute approximate surface area is 402 Å². The predicted octanol–water partition coefficient (Wildman–Crippen LogP) is 15.0. The fourth-order valence-corrected chi connectivity index (χ4v) is 14.5. The second-order valence-electron chi connectivity index (χ2n) is 21.3. The summed E-state index contributed by atoms with van der Waals surface area (Å²) in [4.78, 5) is 19.8. The topological polar surface area (TPSA) is 51.8 Å². The summed E-state index contributed by atoms with van der Waals surface area (Å²) in [7, 11) is 0. The summed E-state index contributed by atoms with van der Waals surface area (Å²) >= 11 is 0. The van der Waals surface area contributed by atoms with Gasteiger partial charge in [0.15, 0.2) is 11.6 Å². The fraction of sp³-hybridized carbons (Fsp3) is 0.222. The summed E-state index contributed by atoms with van der Waals surface area (Å²) in [5.74, 6) is 5.45. The van der Waals surface area contributed by atoms with E-state index in [9.17, 15) is 0 Å². The minimum atomic E-state index is -0.175. The van der Waals surface area contributed by atoms with Crippen LogP contribution in [0.3, 0.4) is 0 Å². The molecule has 0 saturated heterocycles. The monoisotopic (exact) mass is 892 g/mol. The van der Waals surface area contributed by atoms with Crippen LogP contribution in [0.5, 0.6) is 0 Å². The third-order valence-corrected chi connectivity index (χ3v) is 17.4. The van der Waals surface area contributed by atoms with Crippen molar-refractivity contribution in [3.05, 3.63) is 199 Å². The Kier molecular flexibility index (Phi) is 8.27. The van der Waals surface area contributed by atoms with Crippen LogP contribution in [0.2, 0.25) is 0 Å². The van der Waals surface area contributed by atoms with Crippen LogP contribution in [0.25, 0.3) is 77.8 Å². The molecule has 1 aliphatic heterocycles. The Morgan fingerprint density at radius 1 is 0.507 bits per heavy atom. The van der Waals surface area contributed by atoms with Crippen molar-refractivity contribution in [2.24, 2.45) is 23.7 Å². The van der Waals surface area contributed by atoms with E-state index in [1.807, 2.05) is 0 Å².